The van der Waals surface area contributed by atoms with Crippen LogP contribution in [-0.2, 0) is 0 Å². The van der Waals surface area contributed by atoms with Crippen LogP contribution in [0, 0.1) is 24.4 Å². The summed E-state index contributed by atoms with van der Waals surface area (Å²) in [5.41, 5.74) is 0.840. The van der Waals surface area contributed by atoms with Gasteiger partial charge in [-0.2, -0.15) is 0 Å². The molecule has 1 nitrogen and oxygen atoms in total. The summed E-state index contributed by atoms with van der Waals surface area (Å²) in [6.07, 6.45) is 0. The third-order valence-corrected chi connectivity index (χ3v) is 3.54. The van der Waals surface area contributed by atoms with Crippen LogP contribution >= 0.6 is 15.9 Å². The van der Waals surface area contributed by atoms with Gasteiger partial charge in [0.15, 0.2) is 0 Å². The maximum atomic E-state index is 14.0. The topological polar surface area (TPSA) is 12.0 Å². The third-order valence-electron chi connectivity index (χ3n) is 3.08. The molecule has 0 radical (unpaired) electrons. The van der Waals surface area contributed by atoms with Crippen molar-refractivity contribution in [2.24, 2.45) is 0 Å². The van der Waals surface area contributed by atoms with E-state index in [0.29, 0.717) is 4.47 Å². The largest absolute Gasteiger partial charge is 0.309 e. The minimum atomic E-state index is -0.886. The van der Waals surface area contributed by atoms with Gasteiger partial charge in [0.2, 0.25) is 0 Å². The van der Waals surface area contributed by atoms with Crippen molar-refractivity contribution in [3.05, 3.63) is 68.9 Å². The first-order valence-electron chi connectivity index (χ1n) is 6.01. The van der Waals surface area contributed by atoms with E-state index in [1.54, 1.807) is 19.1 Å². The van der Waals surface area contributed by atoms with Crippen LogP contribution in [0.2, 0.25) is 0 Å². The third kappa shape index (κ3) is 2.88. The Labute approximate surface area is 123 Å². The first-order chi connectivity index (χ1) is 9.43. The van der Waals surface area contributed by atoms with E-state index in [1.165, 1.54) is 13.1 Å². The lowest BCUT2D eigenvalue weighted by molar-refractivity contribution is 0.506. The normalized spacial score (nSPS) is 12.5. The minimum Gasteiger partial charge on any atom is -0.309 e. The van der Waals surface area contributed by atoms with Crippen molar-refractivity contribution >= 4 is 15.9 Å². The molecule has 1 N–H and O–H groups in total. The molecule has 20 heavy (non-hydrogen) atoms. The number of nitrogens with one attached hydrogen (secondary N) is 1. The molecule has 1 atom stereocenters. The molecule has 0 aliphatic rings. The molecule has 1 unspecified atom stereocenters. The summed E-state index contributed by atoms with van der Waals surface area (Å²) in [5, 5.41) is 2.77. The quantitative estimate of drug-likeness (QED) is 0.866. The van der Waals surface area contributed by atoms with Crippen molar-refractivity contribution < 1.29 is 13.2 Å². The molecule has 0 aromatic heterocycles. The second-order valence-corrected chi connectivity index (χ2v) is 5.45. The van der Waals surface area contributed by atoms with Gasteiger partial charge in [-0.05, 0) is 32.2 Å². The van der Waals surface area contributed by atoms with Crippen molar-refractivity contribution in [2.75, 3.05) is 7.05 Å². The van der Waals surface area contributed by atoms with Crippen LogP contribution in [0.25, 0.3) is 0 Å². The van der Waals surface area contributed by atoms with E-state index in [1.807, 2.05) is 0 Å². The number of benzene rings is 2. The van der Waals surface area contributed by atoms with E-state index < -0.39 is 23.5 Å². The van der Waals surface area contributed by atoms with Crippen LogP contribution in [-0.4, -0.2) is 7.05 Å². The van der Waals surface area contributed by atoms with Gasteiger partial charge in [-0.25, -0.2) is 13.2 Å². The zero-order valence-electron chi connectivity index (χ0n) is 11.0. The highest BCUT2D eigenvalue weighted by molar-refractivity contribution is 9.10. The van der Waals surface area contributed by atoms with Crippen molar-refractivity contribution in [1.82, 2.24) is 5.32 Å². The number of rotatable bonds is 3. The SMILES string of the molecule is CNC(c1cc(C)ccc1F)c1c(F)cc(Br)cc1F. The highest BCUT2D eigenvalue weighted by Gasteiger charge is 2.23. The van der Waals surface area contributed by atoms with Crippen molar-refractivity contribution in [3.63, 3.8) is 0 Å². The molecule has 0 aliphatic heterocycles. The molecular weight excluding hydrogens is 331 g/mol. The summed E-state index contributed by atoms with van der Waals surface area (Å²) in [7, 11) is 1.54. The highest BCUT2D eigenvalue weighted by atomic mass is 79.9. The van der Waals surface area contributed by atoms with Gasteiger partial charge in [0.05, 0.1) is 6.04 Å². The number of aryl methyl sites for hydroxylation is 1. The van der Waals surface area contributed by atoms with Gasteiger partial charge in [0.1, 0.15) is 17.5 Å². The summed E-state index contributed by atoms with van der Waals surface area (Å²) in [5.74, 6) is -1.95. The van der Waals surface area contributed by atoms with Gasteiger partial charge in [-0.15, -0.1) is 0 Å². The molecule has 0 amide bonds. The molecule has 0 heterocycles. The molecule has 0 fully saturated rings. The summed E-state index contributed by atoms with van der Waals surface area (Å²) in [6.45, 7) is 1.80. The van der Waals surface area contributed by atoms with Crippen LogP contribution in [0.5, 0.6) is 0 Å². The fourth-order valence-corrected chi connectivity index (χ4v) is 2.57. The van der Waals surface area contributed by atoms with Crippen LogP contribution in [0.15, 0.2) is 34.8 Å². The van der Waals surface area contributed by atoms with Crippen molar-refractivity contribution in [3.8, 4) is 0 Å². The average molecular weight is 344 g/mol. The second-order valence-electron chi connectivity index (χ2n) is 4.53. The molecule has 2 aromatic rings. The molecule has 0 bridgehead atoms. The summed E-state index contributed by atoms with van der Waals surface area (Å²) >= 11 is 3.03. The van der Waals surface area contributed by atoms with Gasteiger partial charge in [-0.1, -0.05) is 33.6 Å². The summed E-state index contributed by atoms with van der Waals surface area (Å²) < 4.78 is 42.3. The molecule has 0 saturated carbocycles. The molecule has 2 rings (SSSR count). The lowest BCUT2D eigenvalue weighted by Crippen LogP contribution is -2.21. The van der Waals surface area contributed by atoms with E-state index in [9.17, 15) is 13.2 Å². The summed E-state index contributed by atoms with van der Waals surface area (Å²) in [4.78, 5) is 0. The van der Waals surface area contributed by atoms with Crippen molar-refractivity contribution in [2.45, 2.75) is 13.0 Å². The zero-order chi connectivity index (χ0) is 14.9. The second kappa shape index (κ2) is 5.97. The van der Waals surface area contributed by atoms with Crippen LogP contribution in [0.4, 0.5) is 13.2 Å². The molecular formula is C15H13BrF3N. The molecule has 5 heteroatoms. The molecule has 0 spiro atoms. The number of halogens is 4. The van der Waals surface area contributed by atoms with E-state index in [-0.39, 0.29) is 11.1 Å². The van der Waals surface area contributed by atoms with Crippen LogP contribution in [0.1, 0.15) is 22.7 Å². The van der Waals surface area contributed by atoms with Gasteiger partial charge in [0.25, 0.3) is 0 Å². The van der Waals surface area contributed by atoms with Crippen LogP contribution in [0.3, 0.4) is 0 Å². The monoisotopic (exact) mass is 343 g/mol. The Kier molecular flexibility index (Phi) is 4.50. The minimum absolute atomic E-state index is 0.194. The first kappa shape index (κ1) is 15.1. The Bertz CT molecular complexity index is 620. The van der Waals surface area contributed by atoms with Gasteiger partial charge < -0.3 is 5.32 Å². The van der Waals surface area contributed by atoms with E-state index >= 15 is 0 Å². The Balaban J connectivity index is 2.61. The Morgan fingerprint density at radius 3 is 2.15 bits per heavy atom. The molecule has 106 valence electrons. The predicted molar refractivity (Wildman–Crippen MR) is 76.1 cm³/mol. The van der Waals surface area contributed by atoms with Gasteiger partial charge in [0, 0.05) is 15.6 Å². The Hall–Kier alpha value is -1.33. The average Bonchev–Trinajstić information content (AvgIpc) is 2.37. The lowest BCUT2D eigenvalue weighted by Gasteiger charge is -2.20. The standard InChI is InChI=1S/C15H13BrF3N/c1-8-3-4-11(17)10(5-8)15(20-2)14-12(18)6-9(16)7-13(14)19/h3-7,15,20H,1-2H3. The number of hydrogen-bond acceptors (Lipinski definition) is 1. The maximum absolute atomic E-state index is 14.0. The summed E-state index contributed by atoms with van der Waals surface area (Å²) in [6, 6.07) is 5.93. The van der Waals surface area contributed by atoms with E-state index in [2.05, 4.69) is 21.2 Å². The first-order valence-corrected chi connectivity index (χ1v) is 6.81. The van der Waals surface area contributed by atoms with Gasteiger partial charge >= 0.3 is 0 Å². The van der Waals surface area contributed by atoms with Gasteiger partial charge in [-0.3, -0.25) is 0 Å². The molecule has 0 saturated heterocycles. The molecule has 2 aromatic carbocycles. The number of hydrogen-bond donors (Lipinski definition) is 1. The van der Waals surface area contributed by atoms with E-state index in [4.69, 9.17) is 0 Å². The lowest BCUT2D eigenvalue weighted by atomic mass is 9.96. The zero-order valence-corrected chi connectivity index (χ0v) is 12.6. The maximum Gasteiger partial charge on any atom is 0.132 e. The fourth-order valence-electron chi connectivity index (χ4n) is 2.17. The van der Waals surface area contributed by atoms with Crippen LogP contribution < -0.4 is 5.32 Å². The van der Waals surface area contributed by atoms with E-state index in [0.717, 1.165) is 17.7 Å². The van der Waals surface area contributed by atoms with Crippen molar-refractivity contribution in [1.29, 1.82) is 0 Å². The Morgan fingerprint density at radius 1 is 1.00 bits per heavy atom. The molecule has 0 aliphatic carbocycles. The predicted octanol–water partition coefficient (Wildman–Crippen LogP) is 4.48. The smallest absolute Gasteiger partial charge is 0.132 e. The fraction of sp³-hybridized carbons (Fsp3) is 0.200. The highest BCUT2D eigenvalue weighted by Crippen LogP contribution is 2.30. The Morgan fingerprint density at radius 2 is 1.60 bits per heavy atom.